The van der Waals surface area contributed by atoms with Crippen LogP contribution >= 0.6 is 0 Å². The van der Waals surface area contributed by atoms with E-state index in [-0.39, 0.29) is 18.3 Å². The van der Waals surface area contributed by atoms with E-state index in [0.717, 1.165) is 43.8 Å². The van der Waals surface area contributed by atoms with Crippen LogP contribution in [-0.2, 0) is 6.54 Å². The summed E-state index contributed by atoms with van der Waals surface area (Å²) in [5, 5.41) is 8.90. The van der Waals surface area contributed by atoms with Crippen molar-refractivity contribution in [1.29, 1.82) is 0 Å². The Hall–Kier alpha value is -2.37. The zero-order chi connectivity index (χ0) is 19.1. The molecule has 1 heterocycles. The molecule has 0 amide bonds. The summed E-state index contributed by atoms with van der Waals surface area (Å²) in [6, 6.07) is 15.4. The Morgan fingerprint density at radius 2 is 2.07 bits per heavy atom. The number of Topliss-reactive ketones (excluding diaryl/α,β-unsaturated/α-hetero) is 1. The Labute approximate surface area is 160 Å². The third-order valence-corrected chi connectivity index (χ3v) is 4.91. The predicted octanol–water partition coefficient (Wildman–Crippen LogP) is 3.16. The van der Waals surface area contributed by atoms with E-state index in [1.54, 1.807) is 7.11 Å². The van der Waals surface area contributed by atoms with Gasteiger partial charge in [-0.1, -0.05) is 24.3 Å². The first-order valence-electron chi connectivity index (χ1n) is 9.43. The third-order valence-electron chi connectivity index (χ3n) is 4.91. The fourth-order valence-corrected chi connectivity index (χ4v) is 3.64. The Balaban J connectivity index is 1.65. The molecule has 0 unspecified atom stereocenters. The summed E-state index contributed by atoms with van der Waals surface area (Å²) < 4.78 is 10.9. The molecule has 0 saturated carbocycles. The van der Waals surface area contributed by atoms with E-state index in [0.29, 0.717) is 17.9 Å². The molecule has 144 valence electrons. The highest BCUT2D eigenvalue weighted by molar-refractivity contribution is 6.00. The number of hydrogen-bond donors (Lipinski definition) is 1. The monoisotopic (exact) mass is 369 g/mol. The molecule has 1 aliphatic rings. The van der Waals surface area contributed by atoms with Gasteiger partial charge in [0.05, 0.1) is 19.3 Å². The fraction of sp³-hybridized carbons (Fsp3) is 0.409. The number of carbonyl (C=O) groups is 1. The van der Waals surface area contributed by atoms with Crippen molar-refractivity contribution in [3.8, 4) is 11.5 Å². The number of likely N-dealkylation sites (tertiary alicyclic amines) is 1. The molecular weight excluding hydrogens is 342 g/mol. The van der Waals surface area contributed by atoms with E-state index in [4.69, 9.17) is 14.6 Å². The molecule has 0 spiro atoms. The van der Waals surface area contributed by atoms with Crippen LogP contribution in [0.25, 0.3) is 0 Å². The van der Waals surface area contributed by atoms with Crippen LogP contribution in [-0.4, -0.2) is 49.2 Å². The Kier molecular flexibility index (Phi) is 6.85. The number of ketones is 1. The Bertz CT molecular complexity index is 761. The van der Waals surface area contributed by atoms with Gasteiger partial charge in [0.2, 0.25) is 0 Å². The quantitative estimate of drug-likeness (QED) is 0.725. The molecule has 5 heteroatoms. The summed E-state index contributed by atoms with van der Waals surface area (Å²) in [5.41, 5.74) is 1.82. The maximum Gasteiger partial charge on any atom is 0.170 e. The van der Waals surface area contributed by atoms with Crippen LogP contribution in [0.15, 0.2) is 48.5 Å². The number of nitrogens with zero attached hydrogens (tertiary/aromatic N) is 1. The number of rotatable bonds is 8. The molecule has 5 nitrogen and oxygen atoms in total. The van der Waals surface area contributed by atoms with Crippen LogP contribution in [0.4, 0.5) is 0 Å². The number of aliphatic hydroxyl groups is 1. The number of piperidine rings is 1. The van der Waals surface area contributed by atoms with Crippen molar-refractivity contribution < 1.29 is 19.4 Å². The summed E-state index contributed by atoms with van der Waals surface area (Å²) >= 11 is 0. The topological polar surface area (TPSA) is 59.0 Å². The highest BCUT2D eigenvalue weighted by Crippen LogP contribution is 2.27. The standard InChI is InChI=1S/C22H27NO4/c1-26-21-10-3-2-9-20(21)22(25)18-7-5-11-23(16-18)15-17-6-4-8-19(14-17)27-13-12-24/h2-4,6,8-10,14,18,24H,5,7,11-13,15-16H2,1H3/t18-/m0/s1. The number of benzene rings is 2. The van der Waals surface area contributed by atoms with Crippen LogP contribution in [0.1, 0.15) is 28.8 Å². The normalized spacial score (nSPS) is 17.5. The number of para-hydroxylation sites is 1. The molecule has 1 aliphatic heterocycles. The zero-order valence-corrected chi connectivity index (χ0v) is 15.8. The van der Waals surface area contributed by atoms with Crippen molar-refractivity contribution in [2.75, 3.05) is 33.4 Å². The first-order valence-corrected chi connectivity index (χ1v) is 9.43. The predicted molar refractivity (Wildman–Crippen MR) is 104 cm³/mol. The van der Waals surface area contributed by atoms with Crippen LogP contribution in [0.3, 0.4) is 0 Å². The van der Waals surface area contributed by atoms with Gasteiger partial charge in [-0.05, 0) is 49.2 Å². The highest BCUT2D eigenvalue weighted by atomic mass is 16.5. The smallest absolute Gasteiger partial charge is 0.170 e. The van der Waals surface area contributed by atoms with Crippen molar-refractivity contribution >= 4 is 5.78 Å². The Morgan fingerprint density at radius 3 is 2.89 bits per heavy atom. The van der Waals surface area contributed by atoms with Gasteiger partial charge in [0.1, 0.15) is 18.1 Å². The molecule has 1 saturated heterocycles. The van der Waals surface area contributed by atoms with Crippen molar-refractivity contribution in [2.45, 2.75) is 19.4 Å². The van der Waals surface area contributed by atoms with E-state index in [9.17, 15) is 4.79 Å². The number of hydrogen-bond acceptors (Lipinski definition) is 5. The van der Waals surface area contributed by atoms with E-state index < -0.39 is 0 Å². The van der Waals surface area contributed by atoms with Gasteiger partial charge in [-0.2, -0.15) is 0 Å². The minimum atomic E-state index is -0.0103. The third kappa shape index (κ3) is 5.08. The van der Waals surface area contributed by atoms with Crippen molar-refractivity contribution in [2.24, 2.45) is 5.92 Å². The van der Waals surface area contributed by atoms with E-state index in [2.05, 4.69) is 11.0 Å². The molecule has 1 fully saturated rings. The van der Waals surface area contributed by atoms with Crippen LogP contribution < -0.4 is 9.47 Å². The van der Waals surface area contributed by atoms with E-state index in [1.165, 1.54) is 0 Å². The molecule has 0 bridgehead atoms. The van der Waals surface area contributed by atoms with Crippen LogP contribution in [0.5, 0.6) is 11.5 Å². The molecule has 1 atom stereocenters. The summed E-state index contributed by atoms with van der Waals surface area (Å²) in [4.78, 5) is 15.3. The van der Waals surface area contributed by atoms with E-state index >= 15 is 0 Å². The minimum absolute atomic E-state index is 0.00307. The molecule has 3 rings (SSSR count). The maximum atomic E-state index is 13.0. The average molecular weight is 369 g/mol. The van der Waals surface area contributed by atoms with Gasteiger partial charge in [0.15, 0.2) is 5.78 Å². The van der Waals surface area contributed by atoms with Gasteiger partial charge in [0.25, 0.3) is 0 Å². The largest absolute Gasteiger partial charge is 0.496 e. The molecule has 0 aliphatic carbocycles. The first kappa shape index (κ1) is 19.4. The van der Waals surface area contributed by atoms with Gasteiger partial charge in [-0.3, -0.25) is 9.69 Å². The lowest BCUT2D eigenvalue weighted by atomic mass is 9.89. The fourth-order valence-electron chi connectivity index (χ4n) is 3.64. The van der Waals surface area contributed by atoms with E-state index in [1.807, 2.05) is 42.5 Å². The van der Waals surface area contributed by atoms with Crippen molar-refractivity contribution in [3.05, 3.63) is 59.7 Å². The zero-order valence-electron chi connectivity index (χ0n) is 15.8. The maximum absolute atomic E-state index is 13.0. The number of carbonyl (C=O) groups excluding carboxylic acids is 1. The second-order valence-electron chi connectivity index (χ2n) is 6.86. The second-order valence-corrected chi connectivity index (χ2v) is 6.86. The molecule has 2 aromatic rings. The van der Waals surface area contributed by atoms with Gasteiger partial charge >= 0.3 is 0 Å². The minimum Gasteiger partial charge on any atom is -0.496 e. The SMILES string of the molecule is COc1ccccc1C(=O)[C@H]1CCCN(Cc2cccc(OCCO)c2)C1. The first-order chi connectivity index (χ1) is 13.2. The summed E-state index contributed by atoms with van der Waals surface area (Å²) in [6.45, 7) is 2.81. The van der Waals surface area contributed by atoms with Gasteiger partial charge in [-0.15, -0.1) is 0 Å². The van der Waals surface area contributed by atoms with Crippen molar-refractivity contribution in [3.63, 3.8) is 0 Å². The lowest BCUT2D eigenvalue weighted by Gasteiger charge is -2.32. The molecular formula is C22H27NO4. The molecule has 1 N–H and O–H groups in total. The van der Waals surface area contributed by atoms with Gasteiger partial charge in [-0.25, -0.2) is 0 Å². The summed E-state index contributed by atoms with van der Waals surface area (Å²) in [5.74, 6) is 1.56. The lowest BCUT2D eigenvalue weighted by molar-refractivity contribution is 0.0808. The highest BCUT2D eigenvalue weighted by Gasteiger charge is 2.28. The molecule has 0 aromatic heterocycles. The number of aliphatic hydroxyl groups excluding tert-OH is 1. The second kappa shape index (κ2) is 9.53. The number of methoxy groups -OCH3 is 1. The number of ether oxygens (including phenoxy) is 2. The Morgan fingerprint density at radius 1 is 1.22 bits per heavy atom. The molecule has 2 aromatic carbocycles. The van der Waals surface area contributed by atoms with Gasteiger partial charge in [0, 0.05) is 19.0 Å². The molecule has 0 radical (unpaired) electrons. The van der Waals surface area contributed by atoms with Crippen LogP contribution in [0, 0.1) is 5.92 Å². The lowest BCUT2D eigenvalue weighted by Crippen LogP contribution is -2.38. The average Bonchev–Trinajstić information content (AvgIpc) is 2.72. The van der Waals surface area contributed by atoms with Crippen molar-refractivity contribution in [1.82, 2.24) is 4.90 Å². The summed E-state index contributed by atoms with van der Waals surface area (Å²) in [7, 11) is 1.60. The molecule has 27 heavy (non-hydrogen) atoms. The van der Waals surface area contributed by atoms with Gasteiger partial charge < -0.3 is 14.6 Å². The van der Waals surface area contributed by atoms with Crippen LogP contribution in [0.2, 0.25) is 0 Å². The summed E-state index contributed by atoms with van der Waals surface area (Å²) in [6.07, 6.45) is 1.92.